The fraction of sp³-hybridized carbons (Fsp3) is 0.833. The van der Waals surface area contributed by atoms with Crippen molar-refractivity contribution in [3.63, 3.8) is 0 Å². The van der Waals surface area contributed by atoms with Crippen molar-refractivity contribution in [3.05, 3.63) is 41.3 Å². The third kappa shape index (κ3) is 23.4. The first-order valence-corrected chi connectivity index (χ1v) is 44.3. The first-order chi connectivity index (χ1) is 33.8. The molecule has 396 valence electrons. The van der Waals surface area contributed by atoms with E-state index in [1.165, 1.54) is 146 Å². The summed E-state index contributed by atoms with van der Waals surface area (Å²) >= 11 is -2.59. The Morgan fingerprint density at radius 3 is 1.32 bits per heavy atom. The monoisotopic (exact) mass is 1290 g/mol. The van der Waals surface area contributed by atoms with Gasteiger partial charge in [0.1, 0.15) is 3.70 Å². The number of rotatable bonds is 32. The fourth-order valence-electron chi connectivity index (χ4n) is 10.2. The van der Waals surface area contributed by atoms with E-state index in [2.05, 4.69) is 108 Å². The molecule has 3 aromatic rings. The number of imidazole rings is 3. The second-order valence-corrected chi connectivity index (χ2v) is 47.3. The second kappa shape index (κ2) is 37.4. The van der Waals surface area contributed by atoms with E-state index in [0.717, 1.165) is 75.6 Å². The minimum Gasteiger partial charge on any atom is -0.353 e. The van der Waals surface area contributed by atoms with Crippen molar-refractivity contribution in [1.82, 2.24) is 28.7 Å². The van der Waals surface area contributed by atoms with Crippen LogP contribution in [0.25, 0.3) is 0 Å². The van der Waals surface area contributed by atoms with Crippen LogP contribution in [-0.4, -0.2) is 124 Å². The summed E-state index contributed by atoms with van der Waals surface area (Å²) in [6.45, 7) is 21.4. The molecule has 6 heterocycles. The molecule has 69 heavy (non-hydrogen) atoms. The maximum absolute atomic E-state index is 6.02. The van der Waals surface area contributed by atoms with Gasteiger partial charge in [0.25, 0.3) is 0 Å². The van der Waals surface area contributed by atoms with E-state index < -0.39 is 36.8 Å². The Bertz CT molecular complexity index is 1630. The second-order valence-electron chi connectivity index (χ2n) is 20.1. The van der Waals surface area contributed by atoms with Crippen LogP contribution in [-0.2, 0) is 48.1 Å². The zero-order valence-electron chi connectivity index (χ0n) is 44.7. The molecular formula is C54H99IN6O6Sn2. The topological polar surface area (TPSA) is 109 Å². The van der Waals surface area contributed by atoms with Crippen LogP contribution < -0.4 is 7.42 Å². The summed E-state index contributed by atoms with van der Waals surface area (Å²) in [7, 11) is 0. The summed E-state index contributed by atoms with van der Waals surface area (Å²) < 4.78 is 54.3. The van der Waals surface area contributed by atoms with Crippen molar-refractivity contribution in [2.45, 2.75) is 242 Å². The third-order valence-corrected chi connectivity index (χ3v) is 45.6. The van der Waals surface area contributed by atoms with Gasteiger partial charge in [-0.05, 0) is 41.9 Å². The number of ether oxygens (including phenoxy) is 6. The molecule has 12 nitrogen and oxygen atoms in total. The Labute approximate surface area is 442 Å². The van der Waals surface area contributed by atoms with Crippen molar-refractivity contribution >= 4 is 66.8 Å². The van der Waals surface area contributed by atoms with E-state index in [9.17, 15) is 0 Å². The average Bonchev–Trinajstić information content (AvgIpc) is 4.18. The number of unbranched alkanes of at least 4 members (excludes halogenated alkanes) is 6. The van der Waals surface area contributed by atoms with Crippen LogP contribution in [0.5, 0.6) is 0 Å². The van der Waals surface area contributed by atoms with Crippen LogP contribution in [0.1, 0.15) is 176 Å². The predicted molar refractivity (Wildman–Crippen MR) is 297 cm³/mol. The van der Waals surface area contributed by atoms with E-state index in [0.29, 0.717) is 6.61 Å². The van der Waals surface area contributed by atoms with Crippen LogP contribution in [0.2, 0.25) is 26.6 Å². The maximum atomic E-state index is 6.02. The van der Waals surface area contributed by atoms with E-state index in [-0.39, 0.29) is 18.9 Å². The predicted octanol–water partition coefficient (Wildman–Crippen LogP) is 13.0. The van der Waals surface area contributed by atoms with Crippen LogP contribution in [0.15, 0.2) is 37.6 Å². The maximum Gasteiger partial charge on any atom is 0.157 e. The molecule has 3 aromatic heterocycles. The van der Waals surface area contributed by atoms with E-state index in [1.807, 2.05) is 17.1 Å². The molecule has 3 aliphatic heterocycles. The van der Waals surface area contributed by atoms with Gasteiger partial charge in [-0.2, -0.15) is 0 Å². The Balaban J connectivity index is 0.000000235. The number of halogens is 1. The molecule has 0 aliphatic carbocycles. The van der Waals surface area contributed by atoms with Gasteiger partial charge in [0.2, 0.25) is 0 Å². The average molecular weight is 1290 g/mol. The first kappa shape index (κ1) is 61.3. The van der Waals surface area contributed by atoms with E-state index in [1.54, 1.807) is 3.71 Å². The van der Waals surface area contributed by atoms with Crippen molar-refractivity contribution in [1.29, 1.82) is 0 Å². The molecule has 0 amide bonds. The molecule has 0 saturated carbocycles. The normalized spacial score (nSPS) is 18.9. The molecule has 0 bridgehead atoms. The molecule has 0 N–H and O–H groups in total. The summed E-state index contributed by atoms with van der Waals surface area (Å²) in [6.07, 6.45) is 39.1. The van der Waals surface area contributed by atoms with Crippen molar-refractivity contribution in [2.75, 3.05) is 39.6 Å². The van der Waals surface area contributed by atoms with E-state index in [4.69, 9.17) is 33.4 Å². The number of aromatic nitrogens is 6. The van der Waals surface area contributed by atoms with Gasteiger partial charge in [0, 0.05) is 19.3 Å². The number of hydrogen-bond donors (Lipinski definition) is 0. The SMILES string of the molecule is CCC[CH2][Sn]([CH2]CCC)([CH2]CCC)[c]1cn(CCOC2CCCCO2)cn1.CCC[CH2][Sn]([CH2]CCC)([CH2]CCC)[c]1cncn1CCOC1CCCCO1.Ic1cn(CCOC2CCCCO2)cn1. The number of hydrogen-bond acceptors (Lipinski definition) is 9. The molecular weight excluding hydrogens is 1190 g/mol. The van der Waals surface area contributed by atoms with Crippen molar-refractivity contribution < 1.29 is 28.4 Å². The van der Waals surface area contributed by atoms with Crippen molar-refractivity contribution in [2.24, 2.45) is 0 Å². The summed E-state index contributed by atoms with van der Waals surface area (Å²) in [5.41, 5.74) is 0. The van der Waals surface area contributed by atoms with Gasteiger partial charge in [-0.3, -0.25) is 0 Å². The molecule has 3 fully saturated rings. The van der Waals surface area contributed by atoms with Gasteiger partial charge >= 0.3 is 343 Å². The zero-order valence-corrected chi connectivity index (χ0v) is 52.5. The Morgan fingerprint density at radius 2 is 0.928 bits per heavy atom. The van der Waals surface area contributed by atoms with Crippen LogP contribution in [0.4, 0.5) is 0 Å². The molecule has 0 aromatic carbocycles. The Morgan fingerprint density at radius 1 is 0.522 bits per heavy atom. The third-order valence-electron chi connectivity index (χ3n) is 14.4. The van der Waals surface area contributed by atoms with Gasteiger partial charge < -0.3 is 14.0 Å². The molecule has 15 heteroatoms. The number of nitrogens with zero attached hydrogens (tertiary/aromatic N) is 6. The van der Waals surface area contributed by atoms with Gasteiger partial charge in [0.05, 0.1) is 12.9 Å². The molecule has 3 atom stereocenters. The molecule has 3 unspecified atom stereocenters. The minimum absolute atomic E-state index is 0.0127. The Hall–Kier alpha value is -0.283. The smallest absolute Gasteiger partial charge is 0.157 e. The minimum atomic E-state index is -2.41. The molecule has 6 rings (SSSR count). The van der Waals surface area contributed by atoms with Crippen LogP contribution in [0.3, 0.4) is 0 Å². The van der Waals surface area contributed by atoms with E-state index >= 15 is 0 Å². The van der Waals surface area contributed by atoms with Gasteiger partial charge in [-0.1, -0.05) is 0 Å². The zero-order chi connectivity index (χ0) is 49.3. The van der Waals surface area contributed by atoms with Gasteiger partial charge in [0.15, 0.2) is 6.29 Å². The fourth-order valence-corrected chi connectivity index (χ4v) is 42.4. The first-order valence-electron chi connectivity index (χ1n) is 28.2. The van der Waals surface area contributed by atoms with Crippen LogP contribution in [0, 0.1) is 3.70 Å². The van der Waals surface area contributed by atoms with Crippen LogP contribution >= 0.6 is 22.6 Å². The summed E-state index contributed by atoms with van der Waals surface area (Å²) in [5, 5.41) is 0. The molecule has 0 radical (unpaired) electrons. The van der Waals surface area contributed by atoms with Crippen molar-refractivity contribution in [3.8, 4) is 0 Å². The molecule has 3 aliphatic rings. The van der Waals surface area contributed by atoms with Gasteiger partial charge in [-0.15, -0.1) is 0 Å². The molecule has 0 spiro atoms. The standard InChI is InChI=1S/C10H15IN2O2.2C10H15N2O2.6C4H9.2Sn/c11-9-7-13(8-12-9)4-6-15-10-3-1-2-5-14-10;2*1-2-7-13-10(3-1)14-8-6-12-5-4-11-9-12;6*1-3-4-2;;/h7-8,10H,1-6H2;5,9-10H,1-3,6-8H2;4,9-10H,1-3,6-8H2;6*1,3-4H2,2H3;;. The largest absolute Gasteiger partial charge is 0.353 e. The quantitative estimate of drug-likeness (QED) is 0.0446. The molecule has 3 saturated heterocycles. The van der Waals surface area contributed by atoms with Gasteiger partial charge in [-0.25, -0.2) is 4.98 Å². The summed E-state index contributed by atoms with van der Waals surface area (Å²) in [5.74, 6) is 0. The Kier molecular flexibility index (Phi) is 33.3. The summed E-state index contributed by atoms with van der Waals surface area (Å²) in [6, 6.07) is 0. The summed E-state index contributed by atoms with van der Waals surface area (Å²) in [4.78, 5) is 13.7.